The molecule has 0 spiro atoms. The average Bonchev–Trinajstić information content (AvgIpc) is 2.37. The summed E-state index contributed by atoms with van der Waals surface area (Å²) in [5, 5.41) is 6.21. The van der Waals surface area contributed by atoms with Crippen LogP contribution in [0, 0.1) is 0 Å². The minimum absolute atomic E-state index is 0.0304. The predicted molar refractivity (Wildman–Crippen MR) is 86.6 cm³/mol. The summed E-state index contributed by atoms with van der Waals surface area (Å²) in [6, 6.07) is 10.4. The fourth-order valence-electron chi connectivity index (χ4n) is 1.98. The zero-order valence-electron chi connectivity index (χ0n) is 13.8. The van der Waals surface area contributed by atoms with E-state index in [4.69, 9.17) is 4.74 Å². The van der Waals surface area contributed by atoms with Gasteiger partial charge >= 0.3 is 6.09 Å². The molecule has 1 amide bonds. The number of carbonyl (C=O) groups is 1. The summed E-state index contributed by atoms with van der Waals surface area (Å²) in [6.45, 7) is 11.3. The molecule has 0 aliphatic carbocycles. The van der Waals surface area contributed by atoms with Crippen LogP contribution < -0.4 is 10.6 Å². The number of benzene rings is 1. The maximum Gasteiger partial charge on any atom is 0.407 e. The molecule has 118 valence electrons. The van der Waals surface area contributed by atoms with Crippen LogP contribution in [0.5, 0.6) is 0 Å². The molecule has 0 bridgehead atoms. The molecule has 21 heavy (non-hydrogen) atoms. The summed E-state index contributed by atoms with van der Waals surface area (Å²) in [5.74, 6) is 0.444. The van der Waals surface area contributed by atoms with Crippen LogP contribution in [-0.2, 0) is 4.74 Å². The lowest BCUT2D eigenvalue weighted by Crippen LogP contribution is -2.43. The van der Waals surface area contributed by atoms with Crippen LogP contribution in [-0.4, -0.2) is 30.8 Å². The number of hydrogen-bond acceptors (Lipinski definition) is 3. The molecule has 0 aliphatic rings. The van der Waals surface area contributed by atoms with Crippen LogP contribution in [0.4, 0.5) is 4.79 Å². The molecule has 0 heterocycles. The number of rotatable bonds is 6. The Labute approximate surface area is 128 Å². The second-order valence-electron chi connectivity index (χ2n) is 6.52. The van der Waals surface area contributed by atoms with E-state index >= 15 is 0 Å². The Hall–Kier alpha value is -1.55. The third-order valence-electron chi connectivity index (χ3n) is 3.03. The van der Waals surface area contributed by atoms with Gasteiger partial charge in [-0.3, -0.25) is 0 Å². The highest BCUT2D eigenvalue weighted by Crippen LogP contribution is 2.12. The van der Waals surface area contributed by atoms with Gasteiger partial charge in [-0.05, 0) is 39.2 Å². The maximum absolute atomic E-state index is 11.6. The van der Waals surface area contributed by atoms with Gasteiger partial charge in [-0.25, -0.2) is 4.79 Å². The van der Waals surface area contributed by atoms with Crippen molar-refractivity contribution in [2.45, 2.75) is 52.2 Å². The highest BCUT2D eigenvalue weighted by atomic mass is 16.6. The summed E-state index contributed by atoms with van der Waals surface area (Å²) >= 11 is 0. The molecule has 0 saturated heterocycles. The van der Waals surface area contributed by atoms with Crippen LogP contribution in [0.15, 0.2) is 30.3 Å². The molecule has 2 atom stereocenters. The molecule has 0 aromatic heterocycles. The molecule has 4 heteroatoms. The Morgan fingerprint density at radius 3 is 2.33 bits per heavy atom. The Morgan fingerprint density at radius 2 is 1.76 bits per heavy atom. The van der Waals surface area contributed by atoms with Crippen molar-refractivity contribution < 1.29 is 9.53 Å². The van der Waals surface area contributed by atoms with Crippen molar-refractivity contribution in [1.29, 1.82) is 0 Å². The smallest absolute Gasteiger partial charge is 0.407 e. The third kappa shape index (κ3) is 7.71. The highest BCUT2D eigenvalue weighted by Gasteiger charge is 2.17. The van der Waals surface area contributed by atoms with E-state index in [2.05, 4.69) is 41.8 Å². The van der Waals surface area contributed by atoms with Gasteiger partial charge in [0.25, 0.3) is 0 Å². The lowest BCUT2D eigenvalue weighted by atomic mass is 10.0. The molecular weight excluding hydrogens is 264 g/mol. The van der Waals surface area contributed by atoms with Gasteiger partial charge in [0.1, 0.15) is 5.60 Å². The zero-order valence-corrected chi connectivity index (χ0v) is 13.8. The van der Waals surface area contributed by atoms with Gasteiger partial charge in [0.15, 0.2) is 0 Å². The Kier molecular flexibility index (Phi) is 6.69. The summed E-state index contributed by atoms with van der Waals surface area (Å²) in [4.78, 5) is 11.6. The second-order valence-corrected chi connectivity index (χ2v) is 6.52. The van der Waals surface area contributed by atoms with Crippen molar-refractivity contribution in [3.63, 3.8) is 0 Å². The lowest BCUT2D eigenvalue weighted by Gasteiger charge is -2.22. The van der Waals surface area contributed by atoms with Crippen molar-refractivity contribution in [1.82, 2.24) is 10.6 Å². The first-order valence-corrected chi connectivity index (χ1v) is 7.53. The monoisotopic (exact) mass is 292 g/mol. The summed E-state index contributed by atoms with van der Waals surface area (Å²) < 4.78 is 5.23. The number of alkyl carbamates (subject to hydrolysis) is 1. The highest BCUT2D eigenvalue weighted by molar-refractivity contribution is 5.68. The van der Waals surface area contributed by atoms with Gasteiger partial charge in [-0.2, -0.15) is 0 Å². The minimum Gasteiger partial charge on any atom is -0.444 e. The molecule has 4 nitrogen and oxygen atoms in total. The van der Waals surface area contributed by atoms with E-state index in [-0.39, 0.29) is 12.1 Å². The van der Waals surface area contributed by atoms with Crippen molar-refractivity contribution in [3.8, 4) is 0 Å². The molecule has 1 aromatic carbocycles. The summed E-state index contributed by atoms with van der Waals surface area (Å²) in [7, 11) is 0. The molecule has 2 unspecified atom stereocenters. The van der Waals surface area contributed by atoms with Crippen LogP contribution >= 0.6 is 0 Å². The zero-order chi connectivity index (χ0) is 15.9. The van der Waals surface area contributed by atoms with E-state index in [1.807, 2.05) is 33.8 Å². The topological polar surface area (TPSA) is 50.4 Å². The van der Waals surface area contributed by atoms with Gasteiger partial charge in [0, 0.05) is 19.1 Å². The molecule has 0 radical (unpaired) electrons. The number of nitrogens with one attached hydrogen (secondary N) is 2. The minimum atomic E-state index is -0.459. The van der Waals surface area contributed by atoms with E-state index in [1.165, 1.54) is 5.56 Å². The van der Waals surface area contributed by atoms with E-state index in [0.29, 0.717) is 5.92 Å². The number of hydrogen-bond donors (Lipinski definition) is 2. The Morgan fingerprint density at radius 1 is 1.14 bits per heavy atom. The molecule has 1 rings (SSSR count). The van der Waals surface area contributed by atoms with Crippen molar-refractivity contribution in [2.75, 3.05) is 13.1 Å². The predicted octanol–water partition coefficient (Wildman–Crippen LogP) is 3.29. The average molecular weight is 292 g/mol. The number of ether oxygens (including phenoxy) is 1. The molecule has 0 fully saturated rings. The lowest BCUT2D eigenvalue weighted by molar-refractivity contribution is 0.0508. The van der Waals surface area contributed by atoms with E-state index in [9.17, 15) is 4.79 Å². The Balaban J connectivity index is 2.24. The van der Waals surface area contributed by atoms with Gasteiger partial charge in [-0.15, -0.1) is 0 Å². The molecular formula is C17H28N2O2. The molecule has 0 saturated carbocycles. The summed E-state index contributed by atoms with van der Waals surface area (Å²) in [5.41, 5.74) is 0.858. The van der Waals surface area contributed by atoms with Crippen molar-refractivity contribution in [3.05, 3.63) is 35.9 Å². The van der Waals surface area contributed by atoms with Gasteiger partial charge < -0.3 is 15.4 Å². The SMILES string of the molecule is CC(CNCC(C)c1ccccc1)NC(=O)OC(C)(C)C. The number of amides is 1. The maximum atomic E-state index is 11.6. The number of carbonyl (C=O) groups excluding carboxylic acids is 1. The molecule has 2 N–H and O–H groups in total. The van der Waals surface area contributed by atoms with Crippen LogP contribution in [0.25, 0.3) is 0 Å². The van der Waals surface area contributed by atoms with Gasteiger partial charge in [0.2, 0.25) is 0 Å². The standard InChI is InChI=1S/C17H28N2O2/c1-13(15-9-7-6-8-10-15)11-18-12-14(2)19-16(20)21-17(3,4)5/h6-10,13-14,18H,11-12H2,1-5H3,(H,19,20). The molecule has 0 aliphatic heterocycles. The van der Waals surface area contributed by atoms with Crippen LogP contribution in [0.3, 0.4) is 0 Å². The van der Waals surface area contributed by atoms with Crippen molar-refractivity contribution >= 4 is 6.09 Å². The Bertz CT molecular complexity index is 426. The first-order chi connectivity index (χ1) is 9.78. The quantitative estimate of drug-likeness (QED) is 0.846. The van der Waals surface area contributed by atoms with E-state index in [1.54, 1.807) is 0 Å². The second kappa shape index (κ2) is 8.03. The van der Waals surface area contributed by atoms with Crippen LogP contribution in [0.1, 0.15) is 46.1 Å². The first-order valence-electron chi connectivity index (χ1n) is 7.53. The van der Waals surface area contributed by atoms with Gasteiger partial charge in [0.05, 0.1) is 0 Å². The van der Waals surface area contributed by atoms with Crippen LogP contribution in [0.2, 0.25) is 0 Å². The van der Waals surface area contributed by atoms with E-state index in [0.717, 1.165) is 13.1 Å². The van der Waals surface area contributed by atoms with Crippen molar-refractivity contribution in [2.24, 2.45) is 0 Å². The first kappa shape index (κ1) is 17.5. The fourth-order valence-corrected chi connectivity index (χ4v) is 1.98. The summed E-state index contributed by atoms with van der Waals surface area (Å²) in [6.07, 6.45) is -0.368. The third-order valence-corrected chi connectivity index (χ3v) is 3.03. The normalized spacial score (nSPS) is 14.3. The largest absolute Gasteiger partial charge is 0.444 e. The van der Waals surface area contributed by atoms with E-state index < -0.39 is 5.60 Å². The molecule has 1 aromatic rings. The fraction of sp³-hybridized carbons (Fsp3) is 0.588. The van der Waals surface area contributed by atoms with Gasteiger partial charge in [-0.1, -0.05) is 37.3 Å².